The Balaban J connectivity index is 2.15. The number of fused-ring (bicyclic) bond motifs is 1. The summed E-state index contributed by atoms with van der Waals surface area (Å²) in [5, 5.41) is 0.375. The second kappa shape index (κ2) is 5.48. The van der Waals surface area contributed by atoms with Crippen molar-refractivity contribution in [3.8, 4) is 0 Å². The number of furan rings is 1. The molecule has 6 nitrogen and oxygen atoms in total. The number of hydrogen-bond acceptors (Lipinski definition) is 5. The van der Waals surface area contributed by atoms with Crippen LogP contribution in [-0.4, -0.2) is 22.6 Å². The molecule has 0 aliphatic rings. The predicted octanol–water partition coefficient (Wildman–Crippen LogP) is 2.13. The number of esters is 1. The SMILES string of the molecule is COC(=O)c1cc2c(=O)n(Cc3ccco3)ccc2nc1C. The van der Waals surface area contributed by atoms with Gasteiger partial charge in [0.1, 0.15) is 5.76 Å². The minimum absolute atomic E-state index is 0.230. The van der Waals surface area contributed by atoms with E-state index >= 15 is 0 Å². The molecule has 0 aliphatic carbocycles. The molecule has 0 amide bonds. The number of nitrogens with zero attached hydrogens (tertiary/aromatic N) is 2. The van der Waals surface area contributed by atoms with Crippen LogP contribution in [0.25, 0.3) is 10.9 Å². The van der Waals surface area contributed by atoms with Crippen LogP contribution in [0, 0.1) is 6.92 Å². The third-order valence-corrected chi connectivity index (χ3v) is 3.46. The number of ether oxygens (including phenoxy) is 1. The summed E-state index contributed by atoms with van der Waals surface area (Å²) >= 11 is 0. The number of aromatic nitrogens is 2. The van der Waals surface area contributed by atoms with Crippen molar-refractivity contribution in [3.63, 3.8) is 0 Å². The first-order valence-electron chi connectivity index (χ1n) is 6.71. The zero-order valence-corrected chi connectivity index (χ0v) is 12.2. The summed E-state index contributed by atoms with van der Waals surface area (Å²) < 4.78 is 11.5. The molecule has 0 spiro atoms. The lowest BCUT2D eigenvalue weighted by Crippen LogP contribution is -2.21. The molecule has 0 unspecified atom stereocenters. The zero-order chi connectivity index (χ0) is 15.7. The van der Waals surface area contributed by atoms with Gasteiger partial charge >= 0.3 is 5.97 Å². The van der Waals surface area contributed by atoms with Crippen molar-refractivity contribution in [1.29, 1.82) is 0 Å². The number of rotatable bonds is 3. The Labute approximate surface area is 126 Å². The van der Waals surface area contributed by atoms with Gasteiger partial charge in [0, 0.05) is 6.20 Å². The van der Waals surface area contributed by atoms with Gasteiger partial charge < -0.3 is 13.7 Å². The van der Waals surface area contributed by atoms with Gasteiger partial charge in [0.25, 0.3) is 5.56 Å². The lowest BCUT2D eigenvalue weighted by molar-refractivity contribution is 0.0599. The van der Waals surface area contributed by atoms with Gasteiger partial charge in [0.2, 0.25) is 0 Å². The summed E-state index contributed by atoms with van der Waals surface area (Å²) in [6.07, 6.45) is 3.22. The van der Waals surface area contributed by atoms with Gasteiger partial charge in [0.05, 0.1) is 42.1 Å². The third kappa shape index (κ3) is 2.39. The average Bonchev–Trinajstić information content (AvgIpc) is 3.02. The first kappa shape index (κ1) is 14.1. The van der Waals surface area contributed by atoms with Gasteiger partial charge in [-0.3, -0.25) is 9.78 Å². The van der Waals surface area contributed by atoms with Gasteiger partial charge in [-0.15, -0.1) is 0 Å². The fourth-order valence-corrected chi connectivity index (χ4v) is 2.32. The molecule has 3 aromatic rings. The van der Waals surface area contributed by atoms with Gasteiger partial charge in [-0.25, -0.2) is 4.79 Å². The van der Waals surface area contributed by atoms with Crippen molar-refractivity contribution in [1.82, 2.24) is 9.55 Å². The lowest BCUT2D eigenvalue weighted by Gasteiger charge is -2.08. The first-order chi connectivity index (χ1) is 10.6. The van der Waals surface area contributed by atoms with E-state index in [9.17, 15) is 9.59 Å². The van der Waals surface area contributed by atoms with E-state index in [1.807, 2.05) is 0 Å². The zero-order valence-electron chi connectivity index (χ0n) is 12.2. The highest BCUT2D eigenvalue weighted by Crippen LogP contribution is 2.15. The molecule has 0 fully saturated rings. The quantitative estimate of drug-likeness (QED) is 0.692. The van der Waals surface area contributed by atoms with Crippen LogP contribution in [0.1, 0.15) is 21.8 Å². The molecule has 3 rings (SSSR count). The van der Waals surface area contributed by atoms with Crippen molar-refractivity contribution in [2.24, 2.45) is 0 Å². The van der Waals surface area contributed by atoms with Crippen LogP contribution in [0.2, 0.25) is 0 Å². The van der Waals surface area contributed by atoms with E-state index in [-0.39, 0.29) is 5.56 Å². The third-order valence-electron chi connectivity index (χ3n) is 3.46. The maximum Gasteiger partial charge on any atom is 0.339 e. The minimum Gasteiger partial charge on any atom is -0.467 e. The van der Waals surface area contributed by atoms with Gasteiger partial charge in [-0.2, -0.15) is 0 Å². The molecule has 22 heavy (non-hydrogen) atoms. The van der Waals surface area contributed by atoms with E-state index in [2.05, 4.69) is 4.98 Å². The Morgan fingerprint density at radius 3 is 2.91 bits per heavy atom. The molecule has 0 saturated heterocycles. The molecule has 0 atom stereocenters. The van der Waals surface area contributed by atoms with E-state index < -0.39 is 5.97 Å². The normalized spacial score (nSPS) is 10.8. The highest BCUT2D eigenvalue weighted by molar-refractivity contribution is 5.94. The number of methoxy groups -OCH3 is 1. The molecular formula is C16H14N2O4. The van der Waals surface area contributed by atoms with Crippen molar-refractivity contribution < 1.29 is 13.9 Å². The Morgan fingerprint density at radius 1 is 1.41 bits per heavy atom. The van der Waals surface area contributed by atoms with Crippen LogP contribution in [-0.2, 0) is 11.3 Å². The molecule has 0 saturated carbocycles. The van der Waals surface area contributed by atoms with Crippen LogP contribution in [0.3, 0.4) is 0 Å². The maximum absolute atomic E-state index is 12.6. The van der Waals surface area contributed by atoms with Gasteiger partial charge in [0.15, 0.2) is 0 Å². The van der Waals surface area contributed by atoms with E-state index in [0.29, 0.717) is 34.5 Å². The maximum atomic E-state index is 12.6. The summed E-state index contributed by atoms with van der Waals surface area (Å²) in [7, 11) is 1.30. The molecule has 0 bridgehead atoms. The molecule has 0 aromatic carbocycles. The summed E-state index contributed by atoms with van der Waals surface area (Å²) in [5.41, 5.74) is 1.14. The number of carbonyl (C=O) groups excluding carboxylic acids is 1. The highest BCUT2D eigenvalue weighted by Gasteiger charge is 2.14. The topological polar surface area (TPSA) is 74.3 Å². The van der Waals surface area contributed by atoms with Crippen LogP contribution in [0.5, 0.6) is 0 Å². The Morgan fingerprint density at radius 2 is 2.23 bits per heavy atom. The van der Waals surface area contributed by atoms with E-state index in [1.165, 1.54) is 17.7 Å². The second-order valence-corrected chi connectivity index (χ2v) is 4.87. The summed E-state index contributed by atoms with van der Waals surface area (Å²) in [6, 6.07) is 6.84. The lowest BCUT2D eigenvalue weighted by atomic mass is 10.1. The molecule has 3 aromatic heterocycles. The smallest absolute Gasteiger partial charge is 0.339 e. The number of pyridine rings is 2. The van der Waals surface area contributed by atoms with Crippen LogP contribution >= 0.6 is 0 Å². The molecule has 3 heterocycles. The van der Waals surface area contributed by atoms with Crippen molar-refractivity contribution in [2.45, 2.75) is 13.5 Å². The summed E-state index contributed by atoms with van der Waals surface area (Å²) in [4.78, 5) is 28.6. The van der Waals surface area contributed by atoms with Gasteiger partial charge in [-0.05, 0) is 31.2 Å². The Kier molecular flexibility index (Phi) is 3.50. The van der Waals surface area contributed by atoms with Crippen molar-refractivity contribution >= 4 is 16.9 Å². The Bertz CT molecular complexity index is 894. The van der Waals surface area contributed by atoms with Crippen LogP contribution in [0.15, 0.2) is 45.9 Å². The monoisotopic (exact) mass is 298 g/mol. The number of hydrogen-bond donors (Lipinski definition) is 0. The summed E-state index contributed by atoms with van der Waals surface area (Å²) in [5.74, 6) is 0.169. The first-order valence-corrected chi connectivity index (χ1v) is 6.71. The standard InChI is InChI=1S/C16H14N2O4/c1-10-12(16(20)21-2)8-13-14(17-10)5-6-18(15(13)19)9-11-4-3-7-22-11/h3-8H,9H2,1-2H3. The minimum atomic E-state index is -0.507. The predicted molar refractivity (Wildman–Crippen MR) is 79.9 cm³/mol. The van der Waals surface area contributed by atoms with E-state index in [4.69, 9.17) is 9.15 Å². The van der Waals surface area contributed by atoms with Gasteiger partial charge in [-0.1, -0.05) is 0 Å². The number of aryl methyl sites for hydroxylation is 1. The largest absolute Gasteiger partial charge is 0.467 e. The number of carbonyl (C=O) groups is 1. The second-order valence-electron chi connectivity index (χ2n) is 4.87. The molecule has 0 radical (unpaired) electrons. The van der Waals surface area contributed by atoms with Crippen LogP contribution < -0.4 is 5.56 Å². The van der Waals surface area contributed by atoms with Crippen molar-refractivity contribution in [2.75, 3.05) is 7.11 Å². The fourth-order valence-electron chi connectivity index (χ4n) is 2.32. The van der Waals surface area contributed by atoms with E-state index in [0.717, 1.165) is 0 Å². The van der Waals surface area contributed by atoms with Crippen molar-refractivity contribution in [3.05, 3.63) is 64.1 Å². The molecular weight excluding hydrogens is 284 g/mol. The molecule has 0 aliphatic heterocycles. The average molecular weight is 298 g/mol. The highest BCUT2D eigenvalue weighted by atomic mass is 16.5. The van der Waals surface area contributed by atoms with E-state index in [1.54, 1.807) is 37.6 Å². The molecule has 0 N–H and O–H groups in total. The molecule has 6 heteroatoms. The van der Waals surface area contributed by atoms with Crippen LogP contribution in [0.4, 0.5) is 0 Å². The Hall–Kier alpha value is -2.89. The summed E-state index contributed by atoms with van der Waals surface area (Å²) in [6.45, 7) is 2.03. The molecule has 112 valence electrons. The fraction of sp³-hybridized carbons (Fsp3) is 0.188.